The topological polar surface area (TPSA) is 58.3 Å². The van der Waals surface area contributed by atoms with E-state index in [1.807, 2.05) is 12.1 Å². The molecule has 4 rings (SSSR count). The van der Waals surface area contributed by atoms with E-state index in [4.69, 9.17) is 10.7 Å². The summed E-state index contributed by atoms with van der Waals surface area (Å²) >= 11 is 0. The zero-order valence-electron chi connectivity index (χ0n) is 16.4. The molecule has 1 aromatic heterocycles. The molecule has 0 amide bonds. The van der Waals surface area contributed by atoms with Crippen molar-refractivity contribution in [3.8, 4) is 0 Å². The van der Waals surface area contributed by atoms with Crippen LogP contribution in [-0.2, 0) is 6.54 Å². The number of aromatic nitrogens is 2. The Labute approximate surface area is 166 Å². The standard InChI is InChI=1S/C23H27N5/c1-18-9-10-21-20(16-18)23(24)26-22(25-21)17-28-14-12-27(13-15-28)11-5-8-19-6-3-2-4-7-19/h2-10,16H,11-15,17H2,1H3,(H2,24,25,26)/b8-5+. The van der Waals surface area contributed by atoms with E-state index in [9.17, 15) is 0 Å². The van der Waals surface area contributed by atoms with E-state index in [-0.39, 0.29) is 0 Å². The van der Waals surface area contributed by atoms with Crippen molar-refractivity contribution in [3.05, 3.63) is 71.6 Å². The summed E-state index contributed by atoms with van der Waals surface area (Å²) in [5.41, 5.74) is 9.53. The summed E-state index contributed by atoms with van der Waals surface area (Å²) in [6, 6.07) is 16.6. The van der Waals surface area contributed by atoms with Crippen LogP contribution < -0.4 is 5.73 Å². The highest BCUT2D eigenvalue weighted by molar-refractivity contribution is 5.88. The molecule has 5 heteroatoms. The quantitative estimate of drug-likeness (QED) is 0.743. The lowest BCUT2D eigenvalue weighted by Gasteiger charge is -2.33. The van der Waals surface area contributed by atoms with E-state index < -0.39 is 0 Å². The summed E-state index contributed by atoms with van der Waals surface area (Å²) in [7, 11) is 0. The Morgan fingerprint density at radius 3 is 2.50 bits per heavy atom. The Morgan fingerprint density at radius 1 is 0.964 bits per heavy atom. The van der Waals surface area contributed by atoms with Crippen LogP contribution in [0.5, 0.6) is 0 Å². The molecule has 0 unspecified atom stereocenters. The van der Waals surface area contributed by atoms with Gasteiger partial charge in [-0.3, -0.25) is 9.80 Å². The molecule has 2 heterocycles. The van der Waals surface area contributed by atoms with Crippen LogP contribution in [0.2, 0.25) is 0 Å². The third-order valence-corrected chi connectivity index (χ3v) is 5.23. The van der Waals surface area contributed by atoms with E-state index >= 15 is 0 Å². The Kier molecular flexibility index (Phi) is 5.65. The number of fused-ring (bicyclic) bond motifs is 1. The molecule has 144 valence electrons. The second-order valence-corrected chi connectivity index (χ2v) is 7.44. The van der Waals surface area contributed by atoms with Gasteiger partial charge < -0.3 is 5.73 Å². The average Bonchev–Trinajstić information content (AvgIpc) is 2.71. The predicted octanol–water partition coefficient (Wildman–Crippen LogP) is 3.35. The van der Waals surface area contributed by atoms with Crippen molar-refractivity contribution in [1.29, 1.82) is 0 Å². The number of hydrogen-bond donors (Lipinski definition) is 1. The van der Waals surface area contributed by atoms with Crippen LogP contribution in [0, 0.1) is 6.92 Å². The van der Waals surface area contributed by atoms with Crippen molar-refractivity contribution >= 4 is 22.8 Å². The maximum Gasteiger partial charge on any atom is 0.145 e. The molecule has 3 aromatic rings. The lowest BCUT2D eigenvalue weighted by molar-refractivity contribution is 0.135. The highest BCUT2D eigenvalue weighted by Crippen LogP contribution is 2.20. The fourth-order valence-corrected chi connectivity index (χ4v) is 3.62. The summed E-state index contributed by atoms with van der Waals surface area (Å²) in [5, 5.41) is 0.943. The first-order chi connectivity index (χ1) is 13.7. The number of nitrogens with two attached hydrogens (primary N) is 1. The van der Waals surface area contributed by atoms with Crippen molar-refractivity contribution in [2.24, 2.45) is 0 Å². The molecule has 28 heavy (non-hydrogen) atoms. The fraction of sp³-hybridized carbons (Fsp3) is 0.304. The third-order valence-electron chi connectivity index (χ3n) is 5.23. The van der Waals surface area contributed by atoms with E-state index in [1.54, 1.807) is 0 Å². The van der Waals surface area contributed by atoms with Crippen molar-refractivity contribution in [3.63, 3.8) is 0 Å². The van der Waals surface area contributed by atoms with Crippen molar-refractivity contribution < 1.29 is 0 Å². The molecule has 5 nitrogen and oxygen atoms in total. The summed E-state index contributed by atoms with van der Waals surface area (Å²) in [6.07, 6.45) is 4.44. The van der Waals surface area contributed by atoms with Gasteiger partial charge in [0.05, 0.1) is 12.1 Å². The fourth-order valence-electron chi connectivity index (χ4n) is 3.62. The number of hydrogen-bond acceptors (Lipinski definition) is 5. The number of aryl methyl sites for hydroxylation is 1. The third kappa shape index (κ3) is 4.55. The molecule has 1 saturated heterocycles. The molecule has 1 aliphatic rings. The van der Waals surface area contributed by atoms with E-state index in [0.29, 0.717) is 5.82 Å². The van der Waals surface area contributed by atoms with Gasteiger partial charge in [-0.15, -0.1) is 0 Å². The zero-order chi connectivity index (χ0) is 19.3. The van der Waals surface area contributed by atoms with Gasteiger partial charge in [0.15, 0.2) is 0 Å². The van der Waals surface area contributed by atoms with Crippen LogP contribution >= 0.6 is 0 Å². The van der Waals surface area contributed by atoms with Crippen LogP contribution in [0.3, 0.4) is 0 Å². The zero-order valence-corrected chi connectivity index (χ0v) is 16.4. The summed E-state index contributed by atoms with van der Waals surface area (Å²) in [5.74, 6) is 1.39. The normalized spacial score (nSPS) is 16.2. The molecule has 0 atom stereocenters. The highest BCUT2D eigenvalue weighted by Gasteiger charge is 2.17. The largest absolute Gasteiger partial charge is 0.383 e. The van der Waals surface area contributed by atoms with Crippen LogP contribution in [0.15, 0.2) is 54.6 Å². The molecule has 2 N–H and O–H groups in total. The number of piperazine rings is 1. The van der Waals surface area contributed by atoms with Gasteiger partial charge >= 0.3 is 0 Å². The van der Waals surface area contributed by atoms with Gasteiger partial charge in [0.1, 0.15) is 11.6 Å². The lowest BCUT2D eigenvalue weighted by Crippen LogP contribution is -2.46. The first-order valence-corrected chi connectivity index (χ1v) is 9.86. The van der Waals surface area contributed by atoms with Crippen LogP contribution in [0.1, 0.15) is 17.0 Å². The average molecular weight is 374 g/mol. The maximum absolute atomic E-state index is 6.17. The molecule has 0 aliphatic carbocycles. The SMILES string of the molecule is Cc1ccc2nc(CN3CCN(C/C=C/c4ccccc4)CC3)nc(N)c2c1. The Morgan fingerprint density at radius 2 is 1.71 bits per heavy atom. The molecule has 0 spiro atoms. The minimum Gasteiger partial charge on any atom is -0.383 e. The molecule has 2 aromatic carbocycles. The monoisotopic (exact) mass is 373 g/mol. The van der Waals surface area contributed by atoms with Gasteiger partial charge in [-0.1, -0.05) is 54.1 Å². The minimum atomic E-state index is 0.577. The van der Waals surface area contributed by atoms with E-state index in [2.05, 4.69) is 70.3 Å². The molecule has 0 saturated carbocycles. The second kappa shape index (κ2) is 8.50. The molecule has 0 bridgehead atoms. The van der Waals surface area contributed by atoms with Crippen LogP contribution in [0.4, 0.5) is 5.82 Å². The molecular formula is C23H27N5. The maximum atomic E-state index is 6.17. The number of anilines is 1. The lowest BCUT2D eigenvalue weighted by atomic mass is 10.1. The summed E-state index contributed by atoms with van der Waals surface area (Å²) < 4.78 is 0. The van der Waals surface area contributed by atoms with E-state index in [0.717, 1.165) is 56.0 Å². The molecular weight excluding hydrogens is 346 g/mol. The Hall–Kier alpha value is -2.76. The first kappa shape index (κ1) is 18.6. The Bertz CT molecular complexity index is 959. The van der Waals surface area contributed by atoms with Gasteiger partial charge in [-0.2, -0.15) is 0 Å². The number of nitrogen functional groups attached to an aromatic ring is 1. The van der Waals surface area contributed by atoms with Gasteiger partial charge in [-0.25, -0.2) is 9.97 Å². The number of nitrogens with zero attached hydrogens (tertiary/aromatic N) is 4. The minimum absolute atomic E-state index is 0.577. The molecule has 1 fully saturated rings. The smallest absolute Gasteiger partial charge is 0.145 e. The number of rotatable bonds is 5. The highest BCUT2D eigenvalue weighted by atomic mass is 15.3. The van der Waals surface area contributed by atoms with Crippen LogP contribution in [-0.4, -0.2) is 52.5 Å². The molecule has 1 aliphatic heterocycles. The Balaban J connectivity index is 1.31. The van der Waals surface area contributed by atoms with Crippen molar-refractivity contribution in [2.45, 2.75) is 13.5 Å². The van der Waals surface area contributed by atoms with Crippen molar-refractivity contribution in [2.75, 3.05) is 38.5 Å². The molecule has 0 radical (unpaired) electrons. The van der Waals surface area contributed by atoms with Gasteiger partial charge in [-0.05, 0) is 24.6 Å². The summed E-state index contributed by atoms with van der Waals surface area (Å²) in [4.78, 5) is 14.1. The van der Waals surface area contributed by atoms with Crippen LogP contribution in [0.25, 0.3) is 17.0 Å². The summed E-state index contributed by atoms with van der Waals surface area (Å²) in [6.45, 7) is 7.95. The van der Waals surface area contributed by atoms with Gasteiger partial charge in [0, 0.05) is 38.1 Å². The number of benzene rings is 2. The van der Waals surface area contributed by atoms with E-state index in [1.165, 1.54) is 11.1 Å². The van der Waals surface area contributed by atoms with Crippen molar-refractivity contribution in [1.82, 2.24) is 19.8 Å². The predicted molar refractivity (Wildman–Crippen MR) is 116 cm³/mol. The van der Waals surface area contributed by atoms with Gasteiger partial charge in [0.25, 0.3) is 0 Å². The first-order valence-electron chi connectivity index (χ1n) is 9.86. The van der Waals surface area contributed by atoms with Gasteiger partial charge in [0.2, 0.25) is 0 Å². The second-order valence-electron chi connectivity index (χ2n) is 7.44.